The highest BCUT2D eigenvalue weighted by Crippen LogP contribution is 1.84. The first-order valence-corrected chi connectivity index (χ1v) is 2.91. The first kappa shape index (κ1) is 8.01. The number of carbonyl (C=O) groups excluding carboxylic acids is 1. The first-order valence-electron chi connectivity index (χ1n) is 2.91. The molecule has 0 heterocycles. The van der Waals surface area contributed by atoms with Gasteiger partial charge in [0.15, 0.2) is 0 Å². The number of urea groups is 1. The molecule has 0 saturated heterocycles. The number of carbonyl (C=O) groups is 1. The van der Waals surface area contributed by atoms with Crippen LogP contribution in [0.5, 0.6) is 0 Å². The fraction of sp³-hybridized carbons (Fsp3) is 0.500. The molecular weight excluding hydrogens is 116 g/mol. The largest absolute Gasteiger partial charge is 0.352 e. The minimum Gasteiger partial charge on any atom is -0.352 e. The van der Waals surface area contributed by atoms with Crippen LogP contribution in [-0.2, 0) is 0 Å². The lowest BCUT2D eigenvalue weighted by atomic mass is 10.3. The molecule has 0 aromatic rings. The molecule has 52 valence electrons. The third-order valence-electron chi connectivity index (χ3n) is 0.884. The Hall–Kier alpha value is -0.990. The van der Waals surface area contributed by atoms with E-state index in [-0.39, 0.29) is 0 Å². The van der Waals surface area contributed by atoms with Gasteiger partial charge >= 0.3 is 6.03 Å². The highest BCUT2D eigenvalue weighted by Gasteiger charge is 1.87. The van der Waals surface area contributed by atoms with Gasteiger partial charge in [0.2, 0.25) is 0 Å². The molecule has 0 fully saturated rings. The molecule has 0 bridgehead atoms. The summed E-state index contributed by atoms with van der Waals surface area (Å²) in [7, 11) is 0. The quantitative estimate of drug-likeness (QED) is 0.423. The SMILES string of the molecule is C=CCCCNC(N)=O. The summed E-state index contributed by atoms with van der Waals surface area (Å²) in [5.74, 6) is 0. The minimum absolute atomic E-state index is 0.459. The summed E-state index contributed by atoms with van der Waals surface area (Å²) in [4.78, 5) is 10.0. The number of unbranched alkanes of at least 4 members (excludes halogenated alkanes) is 1. The monoisotopic (exact) mass is 128 g/mol. The molecule has 9 heavy (non-hydrogen) atoms. The number of nitrogens with two attached hydrogens (primary N) is 1. The molecule has 0 atom stereocenters. The fourth-order valence-electron chi connectivity index (χ4n) is 0.458. The fourth-order valence-corrected chi connectivity index (χ4v) is 0.458. The van der Waals surface area contributed by atoms with E-state index in [1.54, 1.807) is 0 Å². The van der Waals surface area contributed by atoms with Crippen molar-refractivity contribution in [2.24, 2.45) is 5.73 Å². The molecule has 0 saturated carbocycles. The van der Waals surface area contributed by atoms with Crippen molar-refractivity contribution >= 4 is 6.03 Å². The van der Waals surface area contributed by atoms with Gasteiger partial charge in [-0.05, 0) is 12.8 Å². The number of nitrogens with one attached hydrogen (secondary N) is 1. The molecule has 2 amide bonds. The minimum atomic E-state index is -0.459. The van der Waals surface area contributed by atoms with E-state index in [0.29, 0.717) is 6.54 Å². The lowest BCUT2D eigenvalue weighted by Crippen LogP contribution is -2.29. The lowest BCUT2D eigenvalue weighted by Gasteiger charge is -1.96. The maximum Gasteiger partial charge on any atom is 0.312 e. The van der Waals surface area contributed by atoms with Crippen molar-refractivity contribution in [2.45, 2.75) is 12.8 Å². The Morgan fingerprint density at radius 2 is 2.44 bits per heavy atom. The van der Waals surface area contributed by atoms with Crippen molar-refractivity contribution in [3.8, 4) is 0 Å². The van der Waals surface area contributed by atoms with E-state index in [1.165, 1.54) is 0 Å². The molecule has 0 aromatic carbocycles. The molecule has 0 rings (SSSR count). The van der Waals surface area contributed by atoms with E-state index in [0.717, 1.165) is 12.8 Å². The molecule has 3 N–H and O–H groups in total. The average Bonchev–Trinajstić information content (AvgIpc) is 1.80. The summed E-state index contributed by atoms with van der Waals surface area (Å²) in [5, 5.41) is 2.47. The van der Waals surface area contributed by atoms with Crippen molar-refractivity contribution < 1.29 is 4.79 Å². The summed E-state index contributed by atoms with van der Waals surface area (Å²) < 4.78 is 0. The standard InChI is InChI=1S/C6H12N2O/c1-2-3-4-5-8-6(7)9/h2H,1,3-5H2,(H3,7,8,9). The third-order valence-corrected chi connectivity index (χ3v) is 0.884. The van der Waals surface area contributed by atoms with Gasteiger partial charge in [-0.3, -0.25) is 0 Å². The maximum absolute atomic E-state index is 10.0. The second-order valence-electron chi connectivity index (χ2n) is 1.72. The van der Waals surface area contributed by atoms with Crippen molar-refractivity contribution in [1.82, 2.24) is 5.32 Å². The van der Waals surface area contributed by atoms with Gasteiger partial charge in [0.05, 0.1) is 0 Å². The molecule has 3 heteroatoms. The topological polar surface area (TPSA) is 55.1 Å². The van der Waals surface area contributed by atoms with Crippen LogP contribution in [0, 0.1) is 0 Å². The Morgan fingerprint density at radius 1 is 1.78 bits per heavy atom. The summed E-state index contributed by atoms with van der Waals surface area (Å²) >= 11 is 0. The number of allylic oxidation sites excluding steroid dienone is 1. The Bertz CT molecular complexity index is 101. The predicted octanol–water partition coefficient (Wildman–Crippen LogP) is 0.621. The van der Waals surface area contributed by atoms with Crippen LogP contribution in [0.2, 0.25) is 0 Å². The zero-order valence-corrected chi connectivity index (χ0v) is 5.39. The van der Waals surface area contributed by atoms with E-state index in [2.05, 4.69) is 11.9 Å². The van der Waals surface area contributed by atoms with Gasteiger partial charge in [-0.1, -0.05) is 6.08 Å². The van der Waals surface area contributed by atoms with Crippen LogP contribution in [-0.4, -0.2) is 12.6 Å². The molecule has 3 nitrogen and oxygen atoms in total. The molecule has 0 aliphatic rings. The van der Waals surface area contributed by atoms with E-state index < -0.39 is 6.03 Å². The Kier molecular flexibility index (Phi) is 4.59. The second kappa shape index (κ2) is 5.15. The molecule has 0 unspecified atom stereocenters. The van der Waals surface area contributed by atoms with Gasteiger partial charge in [0.25, 0.3) is 0 Å². The Balaban J connectivity index is 2.91. The lowest BCUT2D eigenvalue weighted by molar-refractivity contribution is 0.249. The van der Waals surface area contributed by atoms with Crippen LogP contribution in [0.3, 0.4) is 0 Å². The van der Waals surface area contributed by atoms with Gasteiger partial charge in [0.1, 0.15) is 0 Å². The Morgan fingerprint density at radius 3 is 2.89 bits per heavy atom. The zero-order chi connectivity index (χ0) is 7.11. The van der Waals surface area contributed by atoms with Crippen LogP contribution in [0.4, 0.5) is 4.79 Å². The van der Waals surface area contributed by atoms with Crippen molar-refractivity contribution in [3.05, 3.63) is 12.7 Å². The second-order valence-corrected chi connectivity index (χ2v) is 1.72. The number of primary amides is 1. The Labute approximate surface area is 54.9 Å². The average molecular weight is 128 g/mol. The van der Waals surface area contributed by atoms with Crippen molar-refractivity contribution in [3.63, 3.8) is 0 Å². The molecular formula is C6H12N2O. The third kappa shape index (κ3) is 7.01. The van der Waals surface area contributed by atoms with Crippen LogP contribution in [0.15, 0.2) is 12.7 Å². The van der Waals surface area contributed by atoms with Gasteiger partial charge < -0.3 is 11.1 Å². The zero-order valence-electron chi connectivity index (χ0n) is 5.39. The van der Waals surface area contributed by atoms with Gasteiger partial charge in [-0.15, -0.1) is 6.58 Å². The summed E-state index contributed by atoms with van der Waals surface area (Å²) in [6.45, 7) is 4.17. The number of amides is 2. The first-order chi connectivity index (χ1) is 4.27. The van der Waals surface area contributed by atoms with Gasteiger partial charge in [0, 0.05) is 6.54 Å². The van der Waals surface area contributed by atoms with E-state index in [4.69, 9.17) is 5.73 Å². The number of rotatable bonds is 4. The van der Waals surface area contributed by atoms with Crippen molar-refractivity contribution in [1.29, 1.82) is 0 Å². The number of hydrogen-bond donors (Lipinski definition) is 2. The van der Waals surface area contributed by atoms with E-state index in [9.17, 15) is 4.79 Å². The van der Waals surface area contributed by atoms with E-state index in [1.807, 2.05) is 6.08 Å². The molecule has 0 aromatic heterocycles. The maximum atomic E-state index is 10.0. The summed E-state index contributed by atoms with van der Waals surface area (Å²) in [6, 6.07) is -0.459. The predicted molar refractivity (Wildman–Crippen MR) is 37.0 cm³/mol. The molecule has 0 radical (unpaired) electrons. The summed E-state index contributed by atoms with van der Waals surface area (Å²) in [5.41, 5.74) is 4.80. The molecule has 0 aliphatic carbocycles. The summed E-state index contributed by atoms with van der Waals surface area (Å²) in [6.07, 6.45) is 3.63. The molecule has 0 aliphatic heterocycles. The van der Waals surface area contributed by atoms with Crippen LogP contribution in [0.25, 0.3) is 0 Å². The van der Waals surface area contributed by atoms with E-state index >= 15 is 0 Å². The molecule has 0 spiro atoms. The van der Waals surface area contributed by atoms with Crippen LogP contribution >= 0.6 is 0 Å². The normalized spacial score (nSPS) is 8.44. The van der Waals surface area contributed by atoms with Crippen LogP contribution in [0.1, 0.15) is 12.8 Å². The highest BCUT2D eigenvalue weighted by molar-refractivity contribution is 5.71. The van der Waals surface area contributed by atoms with Crippen molar-refractivity contribution in [2.75, 3.05) is 6.54 Å². The van der Waals surface area contributed by atoms with Gasteiger partial charge in [-0.25, -0.2) is 4.79 Å². The van der Waals surface area contributed by atoms with Gasteiger partial charge in [-0.2, -0.15) is 0 Å². The smallest absolute Gasteiger partial charge is 0.312 e. The van der Waals surface area contributed by atoms with Crippen LogP contribution < -0.4 is 11.1 Å². The number of hydrogen-bond acceptors (Lipinski definition) is 1. The highest BCUT2D eigenvalue weighted by atomic mass is 16.2.